The van der Waals surface area contributed by atoms with Crippen LogP contribution in [0, 0.1) is 17.8 Å². The lowest BCUT2D eigenvalue weighted by molar-refractivity contribution is -0.120. The second-order valence-corrected chi connectivity index (χ2v) is 9.62. The summed E-state index contributed by atoms with van der Waals surface area (Å²) in [5.41, 5.74) is 1.98. The van der Waals surface area contributed by atoms with Crippen molar-refractivity contribution in [2.45, 2.75) is 66.2 Å². The fourth-order valence-electron chi connectivity index (χ4n) is 4.56. The Morgan fingerprint density at radius 3 is 1.81 bits per heavy atom. The van der Waals surface area contributed by atoms with Crippen molar-refractivity contribution in [3.8, 4) is 0 Å². The molecule has 3 aliphatic rings. The number of carbonyl (C=O) groups is 2. The Labute approximate surface area is 154 Å². The van der Waals surface area contributed by atoms with Crippen LogP contribution in [0.4, 0.5) is 0 Å². The van der Waals surface area contributed by atoms with Crippen molar-refractivity contribution in [1.82, 2.24) is 0 Å². The SMILES string of the molecule is Cc1coc(C2C3=C(CC(C)(C)CC3=O)OC3=C2C(=O)CC(C)(C)C3)c1. The summed E-state index contributed by atoms with van der Waals surface area (Å²) in [5.74, 6) is 1.85. The molecule has 0 spiro atoms. The normalized spacial score (nSPS) is 25.1. The molecule has 0 saturated heterocycles. The van der Waals surface area contributed by atoms with Crippen LogP contribution in [0.3, 0.4) is 0 Å². The molecule has 4 nitrogen and oxygen atoms in total. The predicted molar refractivity (Wildman–Crippen MR) is 97.4 cm³/mol. The zero-order valence-electron chi connectivity index (χ0n) is 16.2. The molecule has 1 aliphatic heterocycles. The van der Waals surface area contributed by atoms with Crippen LogP contribution in [-0.4, -0.2) is 11.6 Å². The first-order valence-electron chi connectivity index (χ1n) is 9.32. The third kappa shape index (κ3) is 2.76. The van der Waals surface area contributed by atoms with Crippen LogP contribution in [-0.2, 0) is 14.3 Å². The van der Waals surface area contributed by atoms with E-state index < -0.39 is 5.92 Å². The Kier molecular flexibility index (Phi) is 3.63. The summed E-state index contributed by atoms with van der Waals surface area (Å²) in [6.45, 7) is 10.3. The molecular weight excluding hydrogens is 328 g/mol. The van der Waals surface area contributed by atoms with Crippen LogP contribution in [0.15, 0.2) is 39.4 Å². The monoisotopic (exact) mass is 354 g/mol. The molecule has 0 amide bonds. The lowest BCUT2D eigenvalue weighted by Gasteiger charge is -2.42. The molecule has 2 aliphatic carbocycles. The highest BCUT2D eigenvalue weighted by molar-refractivity contribution is 6.06. The molecule has 0 aromatic carbocycles. The molecule has 0 N–H and O–H groups in total. The number of ketones is 2. The largest absolute Gasteiger partial charge is 0.468 e. The van der Waals surface area contributed by atoms with Gasteiger partial charge in [0.2, 0.25) is 0 Å². The van der Waals surface area contributed by atoms with Crippen molar-refractivity contribution < 1.29 is 18.7 Å². The summed E-state index contributed by atoms with van der Waals surface area (Å²) in [6.07, 6.45) is 4.02. The van der Waals surface area contributed by atoms with Crippen molar-refractivity contribution in [1.29, 1.82) is 0 Å². The van der Waals surface area contributed by atoms with E-state index in [0.29, 0.717) is 42.6 Å². The Hall–Kier alpha value is -2.10. The Bertz CT molecular complexity index is 824. The number of Topliss-reactive ketones (excluding diaryl/α,β-unsaturated/α-hetero) is 2. The number of hydrogen-bond acceptors (Lipinski definition) is 4. The van der Waals surface area contributed by atoms with Crippen molar-refractivity contribution in [3.63, 3.8) is 0 Å². The molecule has 4 heteroatoms. The van der Waals surface area contributed by atoms with E-state index in [1.165, 1.54) is 0 Å². The van der Waals surface area contributed by atoms with E-state index in [4.69, 9.17) is 9.15 Å². The maximum absolute atomic E-state index is 13.0. The number of aryl methyl sites for hydroxylation is 1. The molecule has 0 bridgehead atoms. The van der Waals surface area contributed by atoms with Gasteiger partial charge in [-0.3, -0.25) is 9.59 Å². The van der Waals surface area contributed by atoms with Gasteiger partial charge in [-0.25, -0.2) is 0 Å². The first-order valence-corrected chi connectivity index (χ1v) is 9.32. The van der Waals surface area contributed by atoms with Gasteiger partial charge >= 0.3 is 0 Å². The summed E-state index contributed by atoms with van der Waals surface area (Å²) < 4.78 is 12.0. The maximum Gasteiger partial charge on any atom is 0.163 e. The maximum atomic E-state index is 13.0. The van der Waals surface area contributed by atoms with Gasteiger partial charge in [-0.2, -0.15) is 0 Å². The minimum absolute atomic E-state index is 0.0690. The third-order valence-corrected chi connectivity index (χ3v) is 5.62. The van der Waals surface area contributed by atoms with E-state index in [9.17, 15) is 9.59 Å². The Morgan fingerprint density at radius 1 is 0.885 bits per heavy atom. The van der Waals surface area contributed by atoms with Crippen molar-refractivity contribution in [3.05, 3.63) is 46.3 Å². The molecule has 4 rings (SSSR count). The molecule has 0 atom stereocenters. The van der Waals surface area contributed by atoms with Crippen LogP contribution >= 0.6 is 0 Å². The first kappa shape index (κ1) is 17.3. The summed E-state index contributed by atoms with van der Waals surface area (Å²) in [5, 5.41) is 0. The van der Waals surface area contributed by atoms with Gasteiger partial charge in [-0.15, -0.1) is 0 Å². The highest BCUT2D eigenvalue weighted by Gasteiger charge is 2.48. The van der Waals surface area contributed by atoms with Crippen LogP contribution in [0.5, 0.6) is 0 Å². The third-order valence-electron chi connectivity index (χ3n) is 5.62. The summed E-state index contributed by atoms with van der Waals surface area (Å²) in [4.78, 5) is 26.1. The van der Waals surface area contributed by atoms with E-state index in [0.717, 1.165) is 17.1 Å². The lowest BCUT2D eigenvalue weighted by atomic mass is 9.66. The van der Waals surface area contributed by atoms with Gasteiger partial charge in [0.15, 0.2) is 11.6 Å². The van der Waals surface area contributed by atoms with Crippen LogP contribution in [0.2, 0.25) is 0 Å². The Morgan fingerprint density at radius 2 is 1.38 bits per heavy atom. The van der Waals surface area contributed by atoms with Gasteiger partial charge in [0.1, 0.15) is 17.3 Å². The quantitative estimate of drug-likeness (QED) is 0.713. The molecular formula is C22H26O4. The van der Waals surface area contributed by atoms with Crippen molar-refractivity contribution >= 4 is 11.6 Å². The Balaban J connectivity index is 1.90. The van der Waals surface area contributed by atoms with Crippen LogP contribution in [0.25, 0.3) is 0 Å². The van der Waals surface area contributed by atoms with Crippen LogP contribution in [0.1, 0.15) is 70.6 Å². The smallest absolute Gasteiger partial charge is 0.163 e. The number of hydrogen-bond donors (Lipinski definition) is 0. The highest BCUT2D eigenvalue weighted by Crippen LogP contribution is 2.53. The molecule has 0 radical (unpaired) electrons. The van der Waals surface area contributed by atoms with Crippen molar-refractivity contribution in [2.75, 3.05) is 0 Å². The number of rotatable bonds is 1. The first-order chi connectivity index (χ1) is 12.1. The standard InChI is InChI=1S/C22H26O4/c1-12-6-15(25-11-12)20-18-13(23)7-21(2,3)9-16(18)26-17-10-22(4,5)8-14(24)19(17)20/h6,11,20H,7-10H2,1-5H3. The van der Waals surface area contributed by atoms with E-state index >= 15 is 0 Å². The summed E-state index contributed by atoms with van der Waals surface area (Å²) >= 11 is 0. The average Bonchev–Trinajstić information content (AvgIpc) is 2.88. The topological polar surface area (TPSA) is 56.5 Å². The van der Waals surface area contributed by atoms with E-state index in [2.05, 4.69) is 27.7 Å². The second-order valence-electron chi connectivity index (χ2n) is 9.62. The molecule has 138 valence electrons. The molecule has 26 heavy (non-hydrogen) atoms. The lowest BCUT2D eigenvalue weighted by Crippen LogP contribution is -2.37. The van der Waals surface area contributed by atoms with Crippen LogP contribution < -0.4 is 0 Å². The highest BCUT2D eigenvalue weighted by atomic mass is 16.5. The molecule has 1 aromatic heterocycles. The molecule has 0 unspecified atom stereocenters. The predicted octanol–water partition coefficient (Wildman–Crippen LogP) is 4.99. The minimum Gasteiger partial charge on any atom is -0.468 e. The molecule has 0 fully saturated rings. The fraction of sp³-hybridized carbons (Fsp3) is 0.545. The van der Waals surface area contributed by atoms with E-state index in [1.807, 2.05) is 13.0 Å². The zero-order valence-corrected chi connectivity index (χ0v) is 16.2. The van der Waals surface area contributed by atoms with Gasteiger partial charge < -0.3 is 9.15 Å². The molecule has 0 saturated carbocycles. The van der Waals surface area contributed by atoms with Gasteiger partial charge in [0.25, 0.3) is 0 Å². The van der Waals surface area contributed by atoms with E-state index in [-0.39, 0.29) is 22.4 Å². The number of carbonyl (C=O) groups excluding carboxylic acids is 2. The van der Waals surface area contributed by atoms with Crippen molar-refractivity contribution in [2.24, 2.45) is 10.8 Å². The average molecular weight is 354 g/mol. The second kappa shape index (κ2) is 5.45. The fourth-order valence-corrected chi connectivity index (χ4v) is 4.56. The molecule has 2 heterocycles. The number of ether oxygens (including phenoxy) is 1. The minimum atomic E-state index is -0.422. The zero-order chi connectivity index (χ0) is 18.9. The van der Waals surface area contributed by atoms with Gasteiger partial charge in [0.05, 0.1) is 12.2 Å². The van der Waals surface area contributed by atoms with E-state index in [1.54, 1.807) is 6.26 Å². The summed E-state index contributed by atoms with van der Waals surface area (Å²) in [7, 11) is 0. The number of allylic oxidation sites excluding steroid dienone is 4. The van der Waals surface area contributed by atoms with Gasteiger partial charge in [-0.05, 0) is 29.4 Å². The summed E-state index contributed by atoms with van der Waals surface area (Å²) in [6, 6.07) is 1.94. The molecule has 1 aromatic rings. The van der Waals surface area contributed by atoms with Gasteiger partial charge in [-0.1, -0.05) is 27.7 Å². The van der Waals surface area contributed by atoms with Gasteiger partial charge in [0, 0.05) is 36.8 Å². The number of furan rings is 1.